The Balaban J connectivity index is 1.91. The second-order valence-corrected chi connectivity index (χ2v) is 6.23. The Bertz CT molecular complexity index is 1110. The molecule has 1 N–H and O–H groups in total. The molecule has 4 nitrogen and oxygen atoms in total. The number of phenols is 1. The van der Waals surface area contributed by atoms with E-state index in [-0.39, 0.29) is 22.9 Å². The number of hydrogen-bond donors (Lipinski definition) is 1. The van der Waals surface area contributed by atoms with Crippen molar-refractivity contribution in [3.05, 3.63) is 101 Å². The lowest BCUT2D eigenvalue weighted by atomic mass is 9.80. The van der Waals surface area contributed by atoms with Gasteiger partial charge in [0.05, 0.1) is 12.7 Å². The number of carbonyl (C=O) groups excluding carboxylic acids is 2. The highest BCUT2D eigenvalue weighted by Gasteiger charge is 2.29. The fourth-order valence-electron chi connectivity index (χ4n) is 3.35. The summed E-state index contributed by atoms with van der Waals surface area (Å²) in [5, 5.41) is 10.2. The van der Waals surface area contributed by atoms with Gasteiger partial charge in [-0.1, -0.05) is 48.5 Å². The predicted octanol–water partition coefficient (Wildman–Crippen LogP) is 4.26. The van der Waals surface area contributed by atoms with E-state index in [0.29, 0.717) is 33.6 Å². The largest absolute Gasteiger partial charge is 0.507 e. The zero-order chi connectivity index (χ0) is 19.0. The molecule has 27 heavy (non-hydrogen) atoms. The summed E-state index contributed by atoms with van der Waals surface area (Å²) in [5.74, 6) is 0.0512. The van der Waals surface area contributed by atoms with Crippen LogP contribution in [0.25, 0.3) is 5.57 Å². The van der Waals surface area contributed by atoms with Crippen LogP contribution in [-0.2, 0) is 0 Å². The van der Waals surface area contributed by atoms with E-state index in [1.807, 2.05) is 12.1 Å². The molecular weight excluding hydrogens is 340 g/mol. The number of allylic oxidation sites excluding steroid dienone is 1. The van der Waals surface area contributed by atoms with Crippen LogP contribution >= 0.6 is 0 Å². The lowest BCUT2D eigenvalue weighted by Crippen LogP contribution is -2.15. The fraction of sp³-hybridized carbons (Fsp3) is 0.0435. The summed E-state index contributed by atoms with van der Waals surface area (Å²) >= 11 is 0. The van der Waals surface area contributed by atoms with Gasteiger partial charge in [0.2, 0.25) is 0 Å². The summed E-state index contributed by atoms with van der Waals surface area (Å²) < 4.78 is 5.19. The Labute approximate surface area is 156 Å². The molecule has 0 aromatic heterocycles. The summed E-state index contributed by atoms with van der Waals surface area (Å²) in [7, 11) is 1.55. The van der Waals surface area contributed by atoms with E-state index < -0.39 is 0 Å². The van der Waals surface area contributed by atoms with Crippen molar-refractivity contribution in [3.63, 3.8) is 0 Å². The molecule has 3 aromatic carbocycles. The summed E-state index contributed by atoms with van der Waals surface area (Å²) in [6.07, 6.45) is 1.51. The summed E-state index contributed by atoms with van der Waals surface area (Å²) in [4.78, 5) is 25.7. The number of ketones is 2. The van der Waals surface area contributed by atoms with Crippen molar-refractivity contribution in [1.82, 2.24) is 0 Å². The van der Waals surface area contributed by atoms with E-state index >= 15 is 0 Å². The predicted molar refractivity (Wildman–Crippen MR) is 102 cm³/mol. The van der Waals surface area contributed by atoms with E-state index in [9.17, 15) is 14.7 Å². The minimum absolute atomic E-state index is 0.0910. The Morgan fingerprint density at radius 2 is 1.63 bits per heavy atom. The van der Waals surface area contributed by atoms with Crippen LogP contribution in [-0.4, -0.2) is 23.8 Å². The van der Waals surface area contributed by atoms with Crippen molar-refractivity contribution in [2.75, 3.05) is 7.11 Å². The first kappa shape index (κ1) is 16.8. The number of phenolic OH excluding ortho intramolecular Hbond substituents is 1. The van der Waals surface area contributed by atoms with E-state index in [4.69, 9.17) is 4.74 Å². The van der Waals surface area contributed by atoms with Gasteiger partial charge in [-0.2, -0.15) is 0 Å². The molecule has 4 rings (SSSR count). The van der Waals surface area contributed by atoms with Crippen molar-refractivity contribution in [2.24, 2.45) is 0 Å². The minimum atomic E-state index is -0.246. The van der Waals surface area contributed by atoms with Crippen molar-refractivity contribution in [1.29, 1.82) is 0 Å². The van der Waals surface area contributed by atoms with E-state index in [2.05, 4.69) is 0 Å². The van der Waals surface area contributed by atoms with Crippen LogP contribution in [0.1, 0.15) is 37.4 Å². The summed E-state index contributed by atoms with van der Waals surface area (Å²) in [6, 6.07) is 18.9. The highest BCUT2D eigenvalue weighted by molar-refractivity contribution is 6.22. The molecular formula is C23H16O4. The molecule has 0 amide bonds. The maximum atomic E-state index is 12.9. The maximum Gasteiger partial charge on any atom is 0.197 e. The van der Waals surface area contributed by atoms with E-state index in [0.717, 1.165) is 0 Å². The highest BCUT2D eigenvalue weighted by Crippen LogP contribution is 2.39. The van der Waals surface area contributed by atoms with Crippen LogP contribution in [0.3, 0.4) is 0 Å². The third-order valence-corrected chi connectivity index (χ3v) is 4.65. The third kappa shape index (κ3) is 2.81. The molecule has 0 saturated carbocycles. The number of carbonyl (C=O) groups is 2. The number of hydrogen-bond acceptors (Lipinski definition) is 4. The number of rotatable bonds is 3. The lowest BCUT2D eigenvalue weighted by molar-refractivity contribution is 0.102. The molecule has 0 atom stereocenters. The fourth-order valence-corrected chi connectivity index (χ4v) is 3.35. The molecule has 1 aliphatic carbocycles. The molecule has 3 aromatic rings. The lowest BCUT2D eigenvalue weighted by Gasteiger charge is -2.22. The smallest absolute Gasteiger partial charge is 0.197 e. The Kier molecular flexibility index (Phi) is 4.09. The normalized spacial score (nSPS) is 13.8. The monoisotopic (exact) mass is 356 g/mol. The highest BCUT2D eigenvalue weighted by atomic mass is 16.5. The van der Waals surface area contributed by atoms with Crippen molar-refractivity contribution < 1.29 is 19.4 Å². The first-order valence-corrected chi connectivity index (χ1v) is 8.46. The molecule has 0 heterocycles. The molecule has 132 valence electrons. The van der Waals surface area contributed by atoms with Crippen molar-refractivity contribution in [3.8, 4) is 11.5 Å². The van der Waals surface area contributed by atoms with Gasteiger partial charge in [-0.05, 0) is 41.0 Å². The molecule has 0 saturated heterocycles. The average molecular weight is 356 g/mol. The summed E-state index contributed by atoms with van der Waals surface area (Å²) in [5.41, 5.74) is 3.02. The Morgan fingerprint density at radius 3 is 2.41 bits per heavy atom. The van der Waals surface area contributed by atoms with Crippen LogP contribution in [0, 0.1) is 0 Å². The zero-order valence-corrected chi connectivity index (χ0v) is 14.6. The number of methoxy groups -OCH3 is 1. The van der Waals surface area contributed by atoms with Gasteiger partial charge in [-0.3, -0.25) is 9.59 Å². The average Bonchev–Trinajstić information content (AvgIpc) is 2.71. The van der Waals surface area contributed by atoms with Gasteiger partial charge in [0.25, 0.3) is 0 Å². The molecule has 0 bridgehead atoms. The number of aromatic hydroxyl groups is 1. The van der Waals surface area contributed by atoms with Crippen molar-refractivity contribution in [2.45, 2.75) is 0 Å². The van der Waals surface area contributed by atoms with Crippen LogP contribution in [0.4, 0.5) is 0 Å². The topological polar surface area (TPSA) is 63.6 Å². The van der Waals surface area contributed by atoms with Gasteiger partial charge in [-0.25, -0.2) is 0 Å². The molecule has 0 spiro atoms. The Hall–Kier alpha value is -3.66. The quantitative estimate of drug-likeness (QED) is 0.440. The van der Waals surface area contributed by atoms with E-state index in [1.165, 1.54) is 12.1 Å². The first-order valence-electron chi connectivity index (χ1n) is 8.46. The number of fused-ring (bicyclic) bond motifs is 2. The second-order valence-electron chi connectivity index (χ2n) is 6.23. The number of benzene rings is 3. The standard InChI is InChI=1S/C23H16O4/c1-27-15-7-4-6-14(12-15)21(25)13-19-16-8-2-3-9-18(16)23(26)22-17(19)10-5-11-20(22)24/h2-13,24H,1H3. The van der Waals surface area contributed by atoms with Gasteiger partial charge < -0.3 is 9.84 Å². The van der Waals surface area contributed by atoms with Gasteiger partial charge in [0.15, 0.2) is 11.6 Å². The van der Waals surface area contributed by atoms with Gasteiger partial charge in [0.1, 0.15) is 11.5 Å². The molecule has 1 aliphatic rings. The molecule has 0 fully saturated rings. The maximum absolute atomic E-state index is 12.9. The van der Waals surface area contributed by atoms with E-state index in [1.54, 1.807) is 55.6 Å². The van der Waals surface area contributed by atoms with Crippen LogP contribution in [0.2, 0.25) is 0 Å². The van der Waals surface area contributed by atoms with Gasteiger partial charge in [-0.15, -0.1) is 0 Å². The number of ether oxygens (including phenoxy) is 1. The van der Waals surface area contributed by atoms with Crippen molar-refractivity contribution >= 4 is 17.1 Å². The zero-order valence-electron chi connectivity index (χ0n) is 14.6. The summed E-state index contributed by atoms with van der Waals surface area (Å²) in [6.45, 7) is 0. The van der Waals surface area contributed by atoms with Gasteiger partial charge in [0, 0.05) is 11.1 Å². The Morgan fingerprint density at radius 1 is 0.926 bits per heavy atom. The minimum Gasteiger partial charge on any atom is -0.507 e. The molecule has 0 aliphatic heterocycles. The second kappa shape index (κ2) is 6.57. The van der Waals surface area contributed by atoms with Crippen LogP contribution < -0.4 is 4.74 Å². The first-order chi connectivity index (χ1) is 13.1. The molecule has 4 heteroatoms. The van der Waals surface area contributed by atoms with Gasteiger partial charge >= 0.3 is 0 Å². The molecule has 0 unspecified atom stereocenters. The van der Waals surface area contributed by atoms with Crippen LogP contribution in [0.15, 0.2) is 72.8 Å². The molecule has 0 radical (unpaired) electrons. The SMILES string of the molecule is COc1cccc(C(=O)C=C2c3ccccc3C(=O)c3c(O)cccc32)c1. The third-order valence-electron chi connectivity index (χ3n) is 4.65. The van der Waals surface area contributed by atoms with Crippen LogP contribution in [0.5, 0.6) is 11.5 Å².